The van der Waals surface area contributed by atoms with Gasteiger partial charge in [-0.3, -0.25) is 0 Å². The van der Waals surface area contributed by atoms with Crippen molar-refractivity contribution in [3.63, 3.8) is 0 Å². The highest BCUT2D eigenvalue weighted by molar-refractivity contribution is 6.49. The summed E-state index contributed by atoms with van der Waals surface area (Å²) in [6, 6.07) is 7.56. The van der Waals surface area contributed by atoms with Gasteiger partial charge in [-0.25, -0.2) is 0 Å². The molecule has 0 amide bonds. The predicted molar refractivity (Wildman–Crippen MR) is 69.0 cm³/mol. The third-order valence-electron chi connectivity index (χ3n) is 2.11. The lowest BCUT2D eigenvalue weighted by Gasteiger charge is -2.21. The summed E-state index contributed by atoms with van der Waals surface area (Å²) in [6.45, 7) is 6.34. The van der Waals surface area contributed by atoms with E-state index in [0.29, 0.717) is 5.75 Å². The van der Waals surface area contributed by atoms with Crippen LogP contribution in [0.3, 0.4) is 0 Å². The number of terminal acetylenes is 1. The van der Waals surface area contributed by atoms with Gasteiger partial charge >= 0.3 is 4.52 Å². The SMILES string of the molecule is C#CC(Cl)(Cl)Oc1cccc(C(C)(C)C)c1. The maximum absolute atomic E-state index is 5.73. The molecule has 0 spiro atoms. The number of hydrogen-bond acceptors (Lipinski definition) is 1. The van der Waals surface area contributed by atoms with Crippen molar-refractivity contribution in [2.45, 2.75) is 30.7 Å². The van der Waals surface area contributed by atoms with Gasteiger partial charge in [0, 0.05) is 0 Å². The molecule has 1 nitrogen and oxygen atoms in total. The maximum atomic E-state index is 5.73. The van der Waals surface area contributed by atoms with Crippen LogP contribution in [0.1, 0.15) is 26.3 Å². The fourth-order valence-corrected chi connectivity index (χ4v) is 1.38. The van der Waals surface area contributed by atoms with E-state index in [4.69, 9.17) is 34.4 Å². The van der Waals surface area contributed by atoms with Crippen LogP contribution >= 0.6 is 23.2 Å². The second-order valence-electron chi connectivity index (χ2n) is 4.54. The second-order valence-corrected chi connectivity index (χ2v) is 5.80. The van der Waals surface area contributed by atoms with Gasteiger partial charge < -0.3 is 4.74 Å². The molecule has 0 heterocycles. The van der Waals surface area contributed by atoms with Crippen LogP contribution in [-0.2, 0) is 5.41 Å². The molecule has 1 rings (SSSR count). The molecule has 0 fully saturated rings. The van der Waals surface area contributed by atoms with Crippen molar-refractivity contribution in [1.82, 2.24) is 0 Å². The predicted octanol–water partition coefficient (Wildman–Crippen LogP) is 4.13. The molecule has 0 radical (unpaired) electrons. The summed E-state index contributed by atoms with van der Waals surface area (Å²) in [6.07, 6.45) is 5.14. The molecule has 0 aliphatic rings. The first kappa shape index (κ1) is 13.2. The van der Waals surface area contributed by atoms with E-state index in [2.05, 4.69) is 26.7 Å². The van der Waals surface area contributed by atoms with Gasteiger partial charge in [0.2, 0.25) is 0 Å². The molecular formula is C13H14Cl2O. The Morgan fingerprint density at radius 2 is 1.88 bits per heavy atom. The summed E-state index contributed by atoms with van der Waals surface area (Å²) in [7, 11) is 0. The van der Waals surface area contributed by atoms with Crippen molar-refractivity contribution in [1.29, 1.82) is 0 Å². The molecule has 0 saturated heterocycles. The van der Waals surface area contributed by atoms with Crippen LogP contribution in [0.5, 0.6) is 5.75 Å². The van der Waals surface area contributed by atoms with E-state index in [-0.39, 0.29) is 5.41 Å². The van der Waals surface area contributed by atoms with Crippen LogP contribution in [0.15, 0.2) is 24.3 Å². The molecular weight excluding hydrogens is 243 g/mol. The molecule has 1 aromatic rings. The Morgan fingerprint density at radius 1 is 1.25 bits per heavy atom. The normalized spacial score (nSPS) is 12.0. The summed E-state index contributed by atoms with van der Waals surface area (Å²) in [5.74, 6) is 2.72. The van der Waals surface area contributed by atoms with Crippen LogP contribution in [0.2, 0.25) is 0 Å². The Bertz CT molecular complexity index is 411. The van der Waals surface area contributed by atoms with Gasteiger partial charge in [-0.1, -0.05) is 32.9 Å². The van der Waals surface area contributed by atoms with Gasteiger partial charge in [-0.15, -0.1) is 6.42 Å². The molecule has 0 saturated carbocycles. The van der Waals surface area contributed by atoms with Crippen molar-refractivity contribution >= 4 is 23.2 Å². The number of benzene rings is 1. The van der Waals surface area contributed by atoms with Gasteiger partial charge in [0.1, 0.15) is 5.75 Å². The summed E-state index contributed by atoms with van der Waals surface area (Å²) >= 11 is 11.5. The highest BCUT2D eigenvalue weighted by Gasteiger charge is 2.23. The molecule has 0 aliphatic heterocycles. The third-order valence-corrected chi connectivity index (χ3v) is 2.49. The minimum absolute atomic E-state index is 0.0385. The zero-order valence-corrected chi connectivity index (χ0v) is 11.1. The molecule has 0 N–H and O–H groups in total. The van der Waals surface area contributed by atoms with Crippen LogP contribution in [-0.4, -0.2) is 4.52 Å². The number of ether oxygens (including phenoxy) is 1. The topological polar surface area (TPSA) is 9.23 Å². The fourth-order valence-electron chi connectivity index (χ4n) is 1.20. The van der Waals surface area contributed by atoms with Gasteiger partial charge in [0.05, 0.1) is 0 Å². The van der Waals surface area contributed by atoms with E-state index in [1.54, 1.807) is 6.07 Å². The second kappa shape index (κ2) is 4.57. The first-order valence-electron chi connectivity index (χ1n) is 4.90. The lowest BCUT2D eigenvalue weighted by Crippen LogP contribution is -2.19. The van der Waals surface area contributed by atoms with E-state index >= 15 is 0 Å². The minimum Gasteiger partial charge on any atom is -0.448 e. The molecule has 0 aliphatic carbocycles. The summed E-state index contributed by atoms with van der Waals surface area (Å²) in [4.78, 5) is 0. The standard InChI is InChI=1S/C13H14Cl2O/c1-5-13(14,15)16-11-8-6-7-10(9-11)12(2,3)4/h1,6-9H,2-4H3. The molecule has 0 aromatic heterocycles. The van der Waals surface area contributed by atoms with Crippen molar-refractivity contribution in [2.75, 3.05) is 0 Å². The molecule has 16 heavy (non-hydrogen) atoms. The van der Waals surface area contributed by atoms with Crippen molar-refractivity contribution in [3.8, 4) is 18.1 Å². The Kier molecular flexibility index (Phi) is 3.78. The number of halogens is 2. The van der Waals surface area contributed by atoms with E-state index in [1.165, 1.54) is 0 Å². The van der Waals surface area contributed by atoms with Crippen LogP contribution in [0, 0.1) is 12.3 Å². The average Bonchev–Trinajstić information content (AvgIpc) is 2.16. The van der Waals surface area contributed by atoms with Gasteiger partial charge in [0.25, 0.3) is 0 Å². The Morgan fingerprint density at radius 3 is 2.38 bits per heavy atom. The maximum Gasteiger partial charge on any atom is 0.323 e. The summed E-state index contributed by atoms with van der Waals surface area (Å²) < 4.78 is 3.67. The molecule has 0 atom stereocenters. The minimum atomic E-state index is -1.61. The smallest absolute Gasteiger partial charge is 0.323 e. The van der Waals surface area contributed by atoms with Crippen LogP contribution in [0.4, 0.5) is 0 Å². The number of alkyl halides is 2. The highest BCUT2D eigenvalue weighted by Crippen LogP contribution is 2.29. The average molecular weight is 257 g/mol. The van der Waals surface area contributed by atoms with E-state index < -0.39 is 4.52 Å². The first-order chi connectivity index (χ1) is 7.24. The first-order valence-corrected chi connectivity index (χ1v) is 5.65. The Labute approximate surface area is 107 Å². The van der Waals surface area contributed by atoms with Crippen molar-refractivity contribution < 1.29 is 4.74 Å². The number of hydrogen-bond donors (Lipinski definition) is 0. The largest absolute Gasteiger partial charge is 0.448 e. The fraction of sp³-hybridized carbons (Fsp3) is 0.385. The summed E-state index contributed by atoms with van der Waals surface area (Å²) in [5, 5.41) is 0. The van der Waals surface area contributed by atoms with Crippen molar-refractivity contribution in [3.05, 3.63) is 29.8 Å². The van der Waals surface area contributed by atoms with Crippen LogP contribution in [0.25, 0.3) is 0 Å². The molecule has 0 bridgehead atoms. The zero-order chi connectivity index (χ0) is 12.4. The molecule has 86 valence electrons. The highest BCUT2D eigenvalue weighted by atomic mass is 35.5. The van der Waals surface area contributed by atoms with E-state index in [9.17, 15) is 0 Å². The van der Waals surface area contributed by atoms with E-state index in [0.717, 1.165) is 5.56 Å². The van der Waals surface area contributed by atoms with Gasteiger partial charge in [-0.05, 0) is 52.2 Å². The Balaban J connectivity index is 2.97. The molecule has 0 unspecified atom stereocenters. The lowest BCUT2D eigenvalue weighted by molar-refractivity contribution is 0.298. The number of rotatable bonds is 2. The van der Waals surface area contributed by atoms with E-state index in [1.807, 2.05) is 18.2 Å². The third kappa shape index (κ3) is 3.63. The summed E-state index contributed by atoms with van der Waals surface area (Å²) in [5.41, 5.74) is 1.17. The monoisotopic (exact) mass is 256 g/mol. The van der Waals surface area contributed by atoms with Crippen LogP contribution < -0.4 is 4.74 Å². The van der Waals surface area contributed by atoms with Gasteiger partial charge in [0.15, 0.2) is 0 Å². The molecule has 1 aromatic carbocycles. The molecule has 3 heteroatoms. The van der Waals surface area contributed by atoms with Crippen molar-refractivity contribution in [2.24, 2.45) is 0 Å². The van der Waals surface area contributed by atoms with Gasteiger partial charge in [-0.2, -0.15) is 0 Å². The lowest BCUT2D eigenvalue weighted by atomic mass is 9.87. The quantitative estimate of drug-likeness (QED) is 0.571. The Hall–Kier alpha value is -0.840. The zero-order valence-electron chi connectivity index (χ0n) is 9.55.